The Morgan fingerprint density at radius 2 is 1.06 bits per heavy atom. The average Bonchev–Trinajstić information content (AvgIpc) is 3.27. The summed E-state index contributed by atoms with van der Waals surface area (Å²) in [7, 11) is 0. The summed E-state index contributed by atoms with van der Waals surface area (Å²) in [6, 6.07) is 41.2. The Balaban J connectivity index is 1.56. The Hall–Kier alpha value is -3.62. The van der Waals surface area contributed by atoms with E-state index < -0.39 is 0 Å². The first-order valence-corrected chi connectivity index (χ1v) is 10.9. The van der Waals surface area contributed by atoms with Crippen molar-refractivity contribution in [3.05, 3.63) is 144 Å². The van der Waals surface area contributed by atoms with Crippen LogP contribution in [0.15, 0.2) is 121 Å². The molecule has 0 saturated carbocycles. The number of fused-ring (bicyclic) bond motifs is 1. The Kier molecular flexibility index (Phi) is 5.39. The predicted octanol–water partition coefficient (Wildman–Crippen LogP) is 5.27. The molecule has 5 aromatic rings. The van der Waals surface area contributed by atoms with Crippen LogP contribution in [0, 0.1) is 0 Å². The van der Waals surface area contributed by atoms with Crippen molar-refractivity contribution in [2.45, 2.75) is 12.0 Å². The third kappa shape index (κ3) is 3.67. The summed E-state index contributed by atoms with van der Waals surface area (Å²) in [6.45, 7) is 0.973. The van der Waals surface area contributed by atoms with E-state index in [2.05, 4.69) is 132 Å². The van der Waals surface area contributed by atoms with Gasteiger partial charge in [0.25, 0.3) is 0 Å². The normalized spacial score (nSPS) is 11.6. The second kappa shape index (κ2) is 8.63. The molecule has 0 fully saturated rings. The third-order valence-electron chi connectivity index (χ3n) is 6.23. The van der Waals surface area contributed by atoms with Gasteiger partial charge in [-0.25, -0.2) is 0 Å². The van der Waals surface area contributed by atoms with Gasteiger partial charge >= 0.3 is 0 Å². The third-order valence-corrected chi connectivity index (χ3v) is 6.23. The number of aromatic amines is 1. The van der Waals surface area contributed by atoms with E-state index in [1.54, 1.807) is 0 Å². The van der Waals surface area contributed by atoms with Gasteiger partial charge in [-0.15, -0.1) is 0 Å². The molecule has 0 bridgehead atoms. The lowest BCUT2D eigenvalue weighted by atomic mass is 9.77. The van der Waals surface area contributed by atoms with Crippen LogP contribution in [0.3, 0.4) is 0 Å². The molecule has 2 heteroatoms. The maximum Gasteiger partial charge on any atom is 0.173 e. The topological polar surface area (TPSA) is 32.4 Å². The van der Waals surface area contributed by atoms with E-state index in [1.165, 1.54) is 33.2 Å². The monoisotopic (exact) mass is 403 g/mol. The molecule has 0 unspecified atom stereocenters. The molecule has 0 aliphatic heterocycles. The number of H-pyrrole nitrogens is 1. The summed E-state index contributed by atoms with van der Waals surface area (Å²) in [5.74, 6) is 0. The maximum absolute atomic E-state index is 3.42. The van der Waals surface area contributed by atoms with E-state index in [0.29, 0.717) is 0 Å². The molecule has 5 rings (SSSR count). The van der Waals surface area contributed by atoms with Gasteiger partial charge < -0.3 is 10.3 Å². The first-order chi connectivity index (χ1) is 15.4. The molecule has 1 heterocycles. The van der Waals surface area contributed by atoms with Crippen LogP contribution in [0.2, 0.25) is 0 Å². The predicted molar refractivity (Wildman–Crippen MR) is 128 cm³/mol. The second-order valence-electron chi connectivity index (χ2n) is 8.01. The van der Waals surface area contributed by atoms with E-state index in [0.717, 1.165) is 13.0 Å². The molecule has 4 aromatic carbocycles. The number of hydrogen-bond acceptors (Lipinski definition) is 0. The number of hydrogen-bond donors (Lipinski definition) is 2. The summed E-state index contributed by atoms with van der Waals surface area (Å²) in [5, 5.41) is 3.83. The molecule has 152 valence electrons. The molecule has 0 spiro atoms. The highest BCUT2D eigenvalue weighted by atomic mass is 15.0. The zero-order chi connectivity index (χ0) is 20.9. The van der Waals surface area contributed by atoms with Crippen LogP contribution in [0.25, 0.3) is 10.9 Å². The standard InChI is InChI=1S/C29H26N2/c1-4-12-24(13-5-1)29(25-14-6-2-7-15-25,26-16-8-3-9-17-26)31-21-20-23-22-30-28-19-11-10-18-27(23)28/h1-19,22,30-31H,20-21H2/p+1. The fourth-order valence-electron chi connectivity index (χ4n) is 4.74. The van der Waals surface area contributed by atoms with E-state index in [-0.39, 0.29) is 5.54 Å². The van der Waals surface area contributed by atoms with Crippen molar-refractivity contribution in [2.75, 3.05) is 6.54 Å². The molecule has 0 saturated heterocycles. The van der Waals surface area contributed by atoms with Crippen molar-refractivity contribution in [3.63, 3.8) is 0 Å². The molecule has 0 amide bonds. The van der Waals surface area contributed by atoms with Crippen LogP contribution in [0.1, 0.15) is 22.3 Å². The molecular weight excluding hydrogens is 376 g/mol. The van der Waals surface area contributed by atoms with E-state index in [1.807, 2.05) is 0 Å². The van der Waals surface area contributed by atoms with E-state index in [4.69, 9.17) is 0 Å². The fourth-order valence-corrected chi connectivity index (χ4v) is 4.74. The summed E-state index contributed by atoms with van der Waals surface area (Å²) in [6.07, 6.45) is 3.16. The Labute approximate surface area is 183 Å². The minimum atomic E-state index is -0.296. The number of nitrogens with two attached hydrogens (primary N) is 1. The van der Waals surface area contributed by atoms with Crippen molar-refractivity contribution in [2.24, 2.45) is 0 Å². The van der Waals surface area contributed by atoms with Crippen LogP contribution in [0.5, 0.6) is 0 Å². The van der Waals surface area contributed by atoms with Gasteiger partial charge in [-0.05, 0) is 11.6 Å². The molecule has 1 aromatic heterocycles. The number of para-hydroxylation sites is 1. The van der Waals surface area contributed by atoms with Gasteiger partial charge in [0.15, 0.2) is 5.54 Å². The molecule has 3 N–H and O–H groups in total. The summed E-state index contributed by atoms with van der Waals surface area (Å²) in [4.78, 5) is 3.42. The molecule has 2 nitrogen and oxygen atoms in total. The summed E-state index contributed by atoms with van der Waals surface area (Å²) < 4.78 is 0. The second-order valence-corrected chi connectivity index (χ2v) is 8.01. The SMILES string of the molecule is c1ccc(C([NH2+]CCc2c[nH]c3ccccc23)(c2ccccc2)c2ccccc2)cc1. The molecule has 0 radical (unpaired) electrons. The quantitative estimate of drug-likeness (QED) is 0.347. The van der Waals surface area contributed by atoms with Crippen LogP contribution < -0.4 is 5.32 Å². The highest BCUT2D eigenvalue weighted by Gasteiger charge is 2.39. The zero-order valence-corrected chi connectivity index (χ0v) is 17.5. The Morgan fingerprint density at radius 3 is 1.61 bits per heavy atom. The van der Waals surface area contributed by atoms with Gasteiger partial charge in [0.2, 0.25) is 0 Å². The van der Waals surface area contributed by atoms with Crippen LogP contribution in [-0.4, -0.2) is 11.5 Å². The zero-order valence-electron chi connectivity index (χ0n) is 17.5. The lowest BCUT2D eigenvalue weighted by molar-refractivity contribution is -0.716. The van der Waals surface area contributed by atoms with Gasteiger partial charge in [0, 0.05) is 40.2 Å². The van der Waals surface area contributed by atoms with Gasteiger partial charge in [0.05, 0.1) is 6.54 Å². The van der Waals surface area contributed by atoms with Crippen molar-refractivity contribution >= 4 is 10.9 Å². The van der Waals surface area contributed by atoms with Crippen molar-refractivity contribution < 1.29 is 5.32 Å². The Bertz CT molecular complexity index is 1140. The smallest absolute Gasteiger partial charge is 0.173 e. The highest BCUT2D eigenvalue weighted by molar-refractivity contribution is 5.83. The van der Waals surface area contributed by atoms with Gasteiger partial charge in [0.1, 0.15) is 0 Å². The molecule has 31 heavy (non-hydrogen) atoms. The molecular formula is C29H27N2+. The maximum atomic E-state index is 3.42. The number of nitrogens with one attached hydrogen (secondary N) is 1. The van der Waals surface area contributed by atoms with Crippen molar-refractivity contribution in [1.82, 2.24) is 4.98 Å². The van der Waals surface area contributed by atoms with E-state index in [9.17, 15) is 0 Å². The van der Waals surface area contributed by atoms with Gasteiger partial charge in [-0.1, -0.05) is 109 Å². The summed E-state index contributed by atoms with van der Waals surface area (Å²) >= 11 is 0. The van der Waals surface area contributed by atoms with Crippen LogP contribution >= 0.6 is 0 Å². The lowest BCUT2D eigenvalue weighted by Gasteiger charge is -2.33. The Morgan fingerprint density at radius 1 is 0.581 bits per heavy atom. The molecule has 0 aliphatic carbocycles. The average molecular weight is 404 g/mol. The first kappa shape index (κ1) is 19.3. The fraction of sp³-hybridized carbons (Fsp3) is 0.103. The highest BCUT2D eigenvalue weighted by Crippen LogP contribution is 2.33. The largest absolute Gasteiger partial charge is 0.361 e. The number of rotatable bonds is 7. The minimum absolute atomic E-state index is 0.296. The molecule has 0 atom stereocenters. The summed E-state index contributed by atoms with van der Waals surface area (Å²) in [5.41, 5.74) is 6.17. The van der Waals surface area contributed by atoms with Crippen LogP contribution in [0.4, 0.5) is 0 Å². The first-order valence-electron chi connectivity index (χ1n) is 10.9. The van der Waals surface area contributed by atoms with Crippen LogP contribution in [-0.2, 0) is 12.0 Å². The minimum Gasteiger partial charge on any atom is -0.361 e. The number of quaternary nitrogens is 1. The van der Waals surface area contributed by atoms with E-state index >= 15 is 0 Å². The van der Waals surface area contributed by atoms with Crippen molar-refractivity contribution in [3.8, 4) is 0 Å². The van der Waals surface area contributed by atoms with Gasteiger partial charge in [-0.3, -0.25) is 0 Å². The number of aromatic nitrogens is 1. The van der Waals surface area contributed by atoms with Gasteiger partial charge in [-0.2, -0.15) is 0 Å². The lowest BCUT2D eigenvalue weighted by Crippen LogP contribution is -2.96. The van der Waals surface area contributed by atoms with Crippen molar-refractivity contribution in [1.29, 1.82) is 0 Å². The number of benzene rings is 4. The molecule has 0 aliphatic rings.